The smallest absolute Gasteiger partial charge is 0.337 e. The molecular formula is C22H23N3O4S2. The molecule has 1 aromatic carbocycles. The van der Waals surface area contributed by atoms with Gasteiger partial charge < -0.3 is 19.5 Å². The predicted octanol–water partition coefficient (Wildman–Crippen LogP) is 2.71. The summed E-state index contributed by atoms with van der Waals surface area (Å²) in [6.07, 6.45) is 1.06. The Kier molecular flexibility index (Phi) is 6.43. The number of nitrogens with zero attached hydrogens (tertiary/aromatic N) is 2. The van der Waals surface area contributed by atoms with Crippen molar-refractivity contribution >= 4 is 45.9 Å². The number of piperidine rings is 1. The van der Waals surface area contributed by atoms with Crippen molar-refractivity contribution in [2.75, 3.05) is 31.3 Å². The second-order valence-corrected chi connectivity index (χ2v) is 9.38. The summed E-state index contributed by atoms with van der Waals surface area (Å²) in [6.45, 7) is 2.29. The number of anilines is 1. The number of thiocarbonyl (C=S) groups is 1. The molecule has 9 heteroatoms. The topological polar surface area (TPSA) is 80.6 Å². The molecule has 0 aliphatic carbocycles. The Morgan fingerprint density at radius 2 is 1.94 bits per heavy atom. The largest absolute Gasteiger partial charge is 0.465 e. The SMILES string of the molecule is COC(=O)c1ccc(NC(=O)CSC(=S)N2C[C@H]3C[C@H](C2)c2cccc(=O)n2C3)cc1. The highest BCUT2D eigenvalue weighted by molar-refractivity contribution is 8.23. The normalized spacial score (nSPS) is 19.3. The molecule has 1 fully saturated rings. The number of aromatic nitrogens is 1. The number of carbonyl (C=O) groups excluding carboxylic acids is 2. The molecule has 1 amide bonds. The first-order valence-corrected chi connectivity index (χ1v) is 11.4. The number of amides is 1. The summed E-state index contributed by atoms with van der Waals surface area (Å²) in [6, 6.07) is 12.0. The number of esters is 1. The van der Waals surface area contributed by atoms with Gasteiger partial charge in [0.15, 0.2) is 0 Å². The van der Waals surface area contributed by atoms with Gasteiger partial charge in [-0.05, 0) is 42.7 Å². The number of rotatable bonds is 4. The zero-order valence-corrected chi connectivity index (χ0v) is 18.7. The Balaban J connectivity index is 1.31. The molecule has 1 aromatic heterocycles. The van der Waals surface area contributed by atoms with Crippen LogP contribution in [0.2, 0.25) is 0 Å². The second-order valence-electron chi connectivity index (χ2n) is 7.77. The van der Waals surface area contributed by atoms with E-state index in [-0.39, 0.29) is 23.1 Å². The summed E-state index contributed by atoms with van der Waals surface area (Å²) in [5.74, 6) is 0.290. The van der Waals surface area contributed by atoms with Gasteiger partial charge in [0, 0.05) is 43.0 Å². The first-order chi connectivity index (χ1) is 14.9. The van der Waals surface area contributed by atoms with E-state index in [9.17, 15) is 14.4 Å². The molecule has 0 unspecified atom stereocenters. The van der Waals surface area contributed by atoms with Crippen molar-refractivity contribution in [3.8, 4) is 0 Å². The quantitative estimate of drug-likeness (QED) is 0.559. The van der Waals surface area contributed by atoms with Crippen molar-refractivity contribution in [3.05, 3.63) is 64.1 Å². The molecule has 4 rings (SSSR count). The van der Waals surface area contributed by atoms with Crippen LogP contribution in [0.3, 0.4) is 0 Å². The number of ether oxygens (including phenoxy) is 1. The molecule has 162 valence electrons. The third-order valence-electron chi connectivity index (χ3n) is 5.65. The van der Waals surface area contributed by atoms with E-state index in [1.54, 1.807) is 30.3 Å². The highest BCUT2D eigenvalue weighted by Crippen LogP contribution is 2.36. The first-order valence-electron chi connectivity index (χ1n) is 10.0. The van der Waals surface area contributed by atoms with Crippen LogP contribution in [0.4, 0.5) is 5.69 Å². The Labute approximate surface area is 189 Å². The van der Waals surface area contributed by atoms with Gasteiger partial charge in [0.25, 0.3) is 5.56 Å². The number of hydrogen-bond donors (Lipinski definition) is 1. The van der Waals surface area contributed by atoms with Crippen molar-refractivity contribution in [1.29, 1.82) is 0 Å². The lowest BCUT2D eigenvalue weighted by Gasteiger charge is -2.43. The average molecular weight is 458 g/mol. The van der Waals surface area contributed by atoms with Crippen LogP contribution in [-0.2, 0) is 16.1 Å². The maximum atomic E-state index is 12.3. The molecule has 0 radical (unpaired) electrons. The van der Waals surface area contributed by atoms with Gasteiger partial charge in [-0.25, -0.2) is 4.79 Å². The van der Waals surface area contributed by atoms with Crippen LogP contribution in [0.1, 0.15) is 28.4 Å². The lowest BCUT2D eigenvalue weighted by atomic mass is 9.83. The van der Waals surface area contributed by atoms with Crippen LogP contribution in [0.15, 0.2) is 47.3 Å². The van der Waals surface area contributed by atoms with Gasteiger partial charge in [0.1, 0.15) is 4.32 Å². The number of likely N-dealkylation sites (tertiary alicyclic amines) is 1. The molecule has 31 heavy (non-hydrogen) atoms. The number of carbonyl (C=O) groups is 2. The lowest BCUT2D eigenvalue weighted by Crippen LogP contribution is -2.48. The van der Waals surface area contributed by atoms with E-state index in [1.807, 2.05) is 16.7 Å². The molecule has 7 nitrogen and oxygen atoms in total. The van der Waals surface area contributed by atoms with Crippen LogP contribution in [0.5, 0.6) is 0 Å². The number of pyridine rings is 1. The molecule has 1 N–H and O–H groups in total. The number of fused-ring (bicyclic) bond motifs is 4. The van der Waals surface area contributed by atoms with Gasteiger partial charge in [0.2, 0.25) is 5.91 Å². The van der Waals surface area contributed by atoms with E-state index in [0.717, 1.165) is 31.7 Å². The summed E-state index contributed by atoms with van der Waals surface area (Å²) in [5.41, 5.74) is 2.18. The van der Waals surface area contributed by atoms with Crippen molar-refractivity contribution in [1.82, 2.24) is 9.47 Å². The Hall–Kier alpha value is -2.65. The Morgan fingerprint density at radius 1 is 1.16 bits per heavy atom. The van der Waals surface area contributed by atoms with Crippen molar-refractivity contribution in [3.63, 3.8) is 0 Å². The standard InChI is InChI=1S/C22H23N3O4S2/c1-29-21(28)15-5-7-17(8-6-15)23-19(26)13-31-22(30)24-10-14-9-16(12-24)18-3-2-4-20(27)25(18)11-14/h2-8,14,16H,9-13H2,1H3,(H,23,26)/t14-,16-/m1/s1. The molecule has 0 saturated carbocycles. The van der Waals surface area contributed by atoms with Gasteiger partial charge in [0.05, 0.1) is 18.4 Å². The Bertz CT molecular complexity index is 1070. The maximum Gasteiger partial charge on any atom is 0.337 e. The van der Waals surface area contributed by atoms with E-state index in [4.69, 9.17) is 12.2 Å². The van der Waals surface area contributed by atoms with Gasteiger partial charge in [-0.1, -0.05) is 30.0 Å². The first kappa shape index (κ1) is 21.6. The summed E-state index contributed by atoms with van der Waals surface area (Å²) < 4.78 is 7.27. The minimum absolute atomic E-state index is 0.0638. The molecule has 2 aliphatic rings. The molecule has 2 atom stereocenters. The third kappa shape index (κ3) is 4.83. The summed E-state index contributed by atoms with van der Waals surface area (Å²) in [4.78, 5) is 38.1. The van der Waals surface area contributed by atoms with E-state index in [0.29, 0.717) is 21.5 Å². The molecule has 2 aliphatic heterocycles. The zero-order valence-electron chi connectivity index (χ0n) is 17.1. The van der Waals surface area contributed by atoms with Crippen LogP contribution >= 0.6 is 24.0 Å². The molecule has 3 heterocycles. The van der Waals surface area contributed by atoms with E-state index < -0.39 is 5.97 Å². The predicted molar refractivity (Wildman–Crippen MR) is 125 cm³/mol. The fourth-order valence-electron chi connectivity index (χ4n) is 4.27. The maximum absolute atomic E-state index is 12.3. The Morgan fingerprint density at radius 3 is 2.68 bits per heavy atom. The van der Waals surface area contributed by atoms with Gasteiger partial charge in [-0.2, -0.15) is 0 Å². The van der Waals surface area contributed by atoms with Gasteiger partial charge >= 0.3 is 5.97 Å². The number of hydrogen-bond acceptors (Lipinski definition) is 6. The highest BCUT2D eigenvalue weighted by atomic mass is 32.2. The van der Waals surface area contributed by atoms with Gasteiger partial charge in [-0.15, -0.1) is 0 Å². The van der Waals surface area contributed by atoms with Gasteiger partial charge in [-0.3, -0.25) is 9.59 Å². The van der Waals surface area contributed by atoms with Crippen molar-refractivity contribution in [2.24, 2.45) is 5.92 Å². The van der Waals surface area contributed by atoms with E-state index in [2.05, 4.69) is 15.0 Å². The van der Waals surface area contributed by atoms with Crippen LogP contribution in [0, 0.1) is 5.92 Å². The number of nitrogens with one attached hydrogen (secondary N) is 1. The molecule has 2 aromatic rings. The summed E-state index contributed by atoms with van der Waals surface area (Å²) in [5, 5.41) is 2.82. The van der Waals surface area contributed by atoms with Crippen LogP contribution in [-0.4, -0.2) is 51.6 Å². The average Bonchev–Trinajstić information content (AvgIpc) is 2.78. The fraction of sp³-hybridized carbons (Fsp3) is 0.364. The minimum Gasteiger partial charge on any atom is -0.465 e. The van der Waals surface area contributed by atoms with E-state index >= 15 is 0 Å². The molecule has 0 spiro atoms. The van der Waals surface area contributed by atoms with Crippen molar-refractivity contribution < 1.29 is 14.3 Å². The lowest BCUT2D eigenvalue weighted by molar-refractivity contribution is -0.113. The van der Waals surface area contributed by atoms with Crippen LogP contribution in [0.25, 0.3) is 0 Å². The number of thioether (sulfide) groups is 1. The number of methoxy groups -OCH3 is 1. The monoisotopic (exact) mass is 457 g/mol. The van der Waals surface area contributed by atoms with Crippen LogP contribution < -0.4 is 10.9 Å². The molecular weight excluding hydrogens is 434 g/mol. The fourth-order valence-corrected chi connectivity index (χ4v) is 5.25. The highest BCUT2D eigenvalue weighted by Gasteiger charge is 2.35. The minimum atomic E-state index is -0.419. The van der Waals surface area contributed by atoms with Crippen molar-refractivity contribution in [2.45, 2.75) is 18.9 Å². The van der Waals surface area contributed by atoms with E-state index in [1.165, 1.54) is 18.9 Å². The molecule has 2 bridgehead atoms. The summed E-state index contributed by atoms with van der Waals surface area (Å²) >= 11 is 6.96. The summed E-state index contributed by atoms with van der Waals surface area (Å²) in [7, 11) is 1.33. The molecule has 1 saturated heterocycles. The third-order valence-corrected chi connectivity index (χ3v) is 7.18. The second kappa shape index (κ2) is 9.23. The zero-order chi connectivity index (χ0) is 22.0. The number of benzene rings is 1.